The fourth-order valence-corrected chi connectivity index (χ4v) is 4.44. The van der Waals surface area contributed by atoms with Crippen molar-refractivity contribution >= 4 is 27.9 Å². The second-order valence-corrected chi connectivity index (χ2v) is 8.50. The van der Waals surface area contributed by atoms with E-state index < -0.39 is 0 Å². The molecule has 2 N–H and O–H groups in total. The molecule has 0 unspecified atom stereocenters. The van der Waals surface area contributed by atoms with Crippen molar-refractivity contribution in [3.8, 4) is 0 Å². The van der Waals surface area contributed by atoms with E-state index in [0.29, 0.717) is 13.2 Å². The number of hydrogen-bond acceptors (Lipinski definition) is 6. The Balaban J connectivity index is 1.25. The zero-order valence-corrected chi connectivity index (χ0v) is 18.5. The van der Waals surface area contributed by atoms with Gasteiger partial charge in [-0.2, -0.15) is 10.2 Å². The van der Waals surface area contributed by atoms with Crippen LogP contribution in [0.15, 0.2) is 67.3 Å². The average Bonchev–Trinajstić information content (AvgIpc) is 3.59. The van der Waals surface area contributed by atoms with E-state index in [1.54, 1.807) is 6.07 Å². The molecule has 1 atom stereocenters. The van der Waals surface area contributed by atoms with Crippen molar-refractivity contribution in [2.75, 3.05) is 18.4 Å². The van der Waals surface area contributed by atoms with Gasteiger partial charge >= 0.3 is 0 Å². The van der Waals surface area contributed by atoms with Crippen molar-refractivity contribution < 1.29 is 9.13 Å². The molecule has 5 aromatic rings. The fraction of sp³-hybridized carbons (Fsp3) is 0.240. The Morgan fingerprint density at radius 2 is 2.12 bits per heavy atom. The first-order chi connectivity index (χ1) is 16.7. The van der Waals surface area contributed by atoms with Gasteiger partial charge < -0.3 is 15.4 Å². The van der Waals surface area contributed by atoms with Crippen LogP contribution in [-0.4, -0.2) is 43.6 Å². The topological polar surface area (TPSA) is 81.3 Å². The molecule has 1 saturated heterocycles. The van der Waals surface area contributed by atoms with E-state index in [4.69, 9.17) is 4.74 Å². The number of anilines is 2. The van der Waals surface area contributed by atoms with E-state index in [2.05, 4.69) is 25.8 Å². The standard InChI is InChI=1S/C25H24FN7O/c26-20-3-1-2-17(10-20)14-33-23-5-4-21(11-19(23)12-29-33)31-25-24-18(7-9-32(24)30-16-28-25)15-34-22-6-8-27-13-22/h1-5,7,9-12,16,22,27H,6,8,13-15H2,(H,28,30,31)/t22-/m1/s1. The summed E-state index contributed by atoms with van der Waals surface area (Å²) in [5, 5.41) is 16.6. The van der Waals surface area contributed by atoms with Gasteiger partial charge in [0, 0.05) is 29.4 Å². The zero-order chi connectivity index (χ0) is 22.9. The predicted octanol–water partition coefficient (Wildman–Crippen LogP) is 3.89. The van der Waals surface area contributed by atoms with E-state index in [9.17, 15) is 4.39 Å². The molecule has 9 heteroatoms. The minimum absolute atomic E-state index is 0.238. The maximum atomic E-state index is 13.6. The van der Waals surface area contributed by atoms with Crippen LogP contribution in [0.1, 0.15) is 17.5 Å². The molecule has 0 bridgehead atoms. The van der Waals surface area contributed by atoms with Crippen LogP contribution < -0.4 is 10.6 Å². The third-order valence-electron chi connectivity index (χ3n) is 6.15. The van der Waals surface area contributed by atoms with Crippen LogP contribution in [0, 0.1) is 5.82 Å². The summed E-state index contributed by atoms with van der Waals surface area (Å²) in [5.41, 5.74) is 4.68. The lowest BCUT2D eigenvalue weighted by atomic mass is 10.2. The summed E-state index contributed by atoms with van der Waals surface area (Å²) < 4.78 is 23.3. The molecule has 34 heavy (non-hydrogen) atoms. The Morgan fingerprint density at radius 1 is 1.15 bits per heavy atom. The smallest absolute Gasteiger partial charge is 0.158 e. The quantitative estimate of drug-likeness (QED) is 0.386. The first-order valence-corrected chi connectivity index (χ1v) is 11.3. The molecule has 172 valence electrons. The lowest BCUT2D eigenvalue weighted by Gasteiger charge is -2.12. The van der Waals surface area contributed by atoms with Crippen molar-refractivity contribution in [1.82, 2.24) is 29.7 Å². The highest BCUT2D eigenvalue weighted by atomic mass is 19.1. The molecule has 1 fully saturated rings. The summed E-state index contributed by atoms with van der Waals surface area (Å²) in [5.74, 6) is 0.473. The molecule has 0 saturated carbocycles. The number of nitrogens with zero attached hydrogens (tertiary/aromatic N) is 5. The van der Waals surface area contributed by atoms with E-state index in [-0.39, 0.29) is 11.9 Å². The molecule has 0 aliphatic carbocycles. The number of ether oxygens (including phenoxy) is 1. The Kier molecular flexibility index (Phi) is 5.40. The van der Waals surface area contributed by atoms with E-state index in [0.717, 1.165) is 58.6 Å². The number of halogens is 1. The second kappa shape index (κ2) is 8.85. The van der Waals surface area contributed by atoms with Crippen LogP contribution in [0.5, 0.6) is 0 Å². The van der Waals surface area contributed by atoms with Crippen molar-refractivity contribution in [1.29, 1.82) is 0 Å². The van der Waals surface area contributed by atoms with Gasteiger partial charge in [0.1, 0.15) is 17.7 Å². The third kappa shape index (κ3) is 4.11. The maximum absolute atomic E-state index is 13.6. The van der Waals surface area contributed by atoms with Gasteiger partial charge in [0.15, 0.2) is 5.82 Å². The molecule has 2 aromatic carbocycles. The number of rotatable bonds is 7. The third-order valence-corrected chi connectivity index (χ3v) is 6.15. The highest BCUT2D eigenvalue weighted by Crippen LogP contribution is 2.26. The van der Waals surface area contributed by atoms with Crippen molar-refractivity contribution in [3.63, 3.8) is 0 Å². The summed E-state index contributed by atoms with van der Waals surface area (Å²) in [6, 6.07) is 14.7. The maximum Gasteiger partial charge on any atom is 0.158 e. The molecule has 0 amide bonds. The van der Waals surface area contributed by atoms with Gasteiger partial charge in [-0.3, -0.25) is 4.68 Å². The highest BCUT2D eigenvalue weighted by Gasteiger charge is 2.17. The van der Waals surface area contributed by atoms with Gasteiger partial charge in [0.05, 0.1) is 31.0 Å². The van der Waals surface area contributed by atoms with Gasteiger partial charge in [-0.15, -0.1) is 0 Å². The highest BCUT2D eigenvalue weighted by molar-refractivity contribution is 5.85. The number of aromatic nitrogens is 5. The predicted molar refractivity (Wildman–Crippen MR) is 128 cm³/mol. The minimum Gasteiger partial charge on any atom is -0.372 e. The minimum atomic E-state index is -0.244. The van der Waals surface area contributed by atoms with Crippen LogP contribution >= 0.6 is 0 Å². The summed E-state index contributed by atoms with van der Waals surface area (Å²) in [6.07, 6.45) is 6.55. The molecular weight excluding hydrogens is 433 g/mol. The van der Waals surface area contributed by atoms with Gasteiger partial charge in [0.25, 0.3) is 0 Å². The summed E-state index contributed by atoms with van der Waals surface area (Å²) in [4.78, 5) is 4.50. The summed E-state index contributed by atoms with van der Waals surface area (Å²) in [6.45, 7) is 2.90. The number of fused-ring (bicyclic) bond motifs is 2. The lowest BCUT2D eigenvalue weighted by Crippen LogP contribution is -2.16. The molecule has 1 aliphatic rings. The lowest BCUT2D eigenvalue weighted by molar-refractivity contribution is 0.0549. The molecule has 0 radical (unpaired) electrons. The molecule has 8 nitrogen and oxygen atoms in total. The SMILES string of the molecule is Fc1cccc(Cn2ncc3cc(Nc4ncnn5ccc(CO[C@@H]6CCNC6)c45)ccc32)c1. The van der Waals surface area contributed by atoms with Crippen molar-refractivity contribution in [3.05, 3.63) is 84.2 Å². The zero-order valence-electron chi connectivity index (χ0n) is 18.5. The van der Waals surface area contributed by atoms with E-state index >= 15 is 0 Å². The number of nitrogens with one attached hydrogen (secondary N) is 2. The van der Waals surface area contributed by atoms with Crippen LogP contribution in [-0.2, 0) is 17.9 Å². The van der Waals surface area contributed by atoms with Gasteiger partial charge in [0.2, 0.25) is 0 Å². The van der Waals surface area contributed by atoms with Crippen LogP contribution in [0.2, 0.25) is 0 Å². The fourth-order valence-electron chi connectivity index (χ4n) is 4.44. The van der Waals surface area contributed by atoms with Crippen molar-refractivity contribution in [2.24, 2.45) is 0 Å². The molecule has 0 spiro atoms. The Bertz CT molecular complexity index is 1450. The summed E-state index contributed by atoms with van der Waals surface area (Å²) in [7, 11) is 0. The van der Waals surface area contributed by atoms with Crippen LogP contribution in [0.4, 0.5) is 15.9 Å². The second-order valence-electron chi connectivity index (χ2n) is 8.50. The van der Waals surface area contributed by atoms with E-state index in [1.807, 2.05) is 51.9 Å². The van der Waals surface area contributed by atoms with Gasteiger partial charge in [-0.05, 0) is 54.9 Å². The van der Waals surface area contributed by atoms with Gasteiger partial charge in [-0.25, -0.2) is 13.9 Å². The van der Waals surface area contributed by atoms with E-state index in [1.165, 1.54) is 18.5 Å². The monoisotopic (exact) mass is 457 g/mol. The molecular formula is C25H24FN7O. The normalized spacial score (nSPS) is 16.0. The van der Waals surface area contributed by atoms with Crippen LogP contribution in [0.3, 0.4) is 0 Å². The van der Waals surface area contributed by atoms with Crippen LogP contribution in [0.25, 0.3) is 16.4 Å². The summed E-state index contributed by atoms with van der Waals surface area (Å²) >= 11 is 0. The molecule has 4 heterocycles. The van der Waals surface area contributed by atoms with Crippen molar-refractivity contribution in [2.45, 2.75) is 25.7 Å². The Morgan fingerprint density at radius 3 is 3.00 bits per heavy atom. The molecule has 3 aromatic heterocycles. The van der Waals surface area contributed by atoms with Gasteiger partial charge in [-0.1, -0.05) is 12.1 Å². The Labute approximate surface area is 195 Å². The molecule has 6 rings (SSSR count). The number of hydrogen-bond donors (Lipinski definition) is 2. The Hall–Kier alpha value is -3.82. The first-order valence-electron chi connectivity index (χ1n) is 11.3. The molecule has 1 aliphatic heterocycles. The largest absolute Gasteiger partial charge is 0.372 e. The number of benzene rings is 2. The first kappa shape index (κ1) is 20.8. The average molecular weight is 458 g/mol.